The van der Waals surface area contributed by atoms with Crippen LogP contribution in [-0.4, -0.2) is 28.5 Å². The van der Waals surface area contributed by atoms with Gasteiger partial charge in [0.25, 0.3) is 0 Å². The van der Waals surface area contributed by atoms with Crippen LogP contribution in [-0.2, 0) is 13.1 Å². The van der Waals surface area contributed by atoms with Crippen molar-refractivity contribution in [3.05, 3.63) is 33.8 Å². The van der Waals surface area contributed by atoms with Gasteiger partial charge >= 0.3 is 0 Å². The normalized spacial score (nSPS) is 25.3. The maximum Gasteiger partial charge on any atom is 0.0248 e. The number of hydrogen-bond acceptors (Lipinski definition) is 3. The van der Waals surface area contributed by atoms with Crippen LogP contribution in [0.3, 0.4) is 0 Å². The summed E-state index contributed by atoms with van der Waals surface area (Å²) in [5.74, 6) is 1.24. The lowest BCUT2D eigenvalue weighted by Gasteiger charge is -2.37. The summed E-state index contributed by atoms with van der Waals surface area (Å²) in [6.45, 7) is 7.47. The number of rotatable bonds is 3. The van der Waals surface area contributed by atoms with E-state index in [1.807, 2.05) is 0 Å². The molecule has 2 unspecified atom stereocenters. The Bertz CT molecular complexity index is 411. The lowest BCUT2D eigenvalue weighted by Crippen LogP contribution is -2.44. The molecule has 18 heavy (non-hydrogen) atoms. The lowest BCUT2D eigenvalue weighted by molar-refractivity contribution is 0.204. The predicted octanol–water partition coefficient (Wildman–Crippen LogP) is 3.23. The van der Waals surface area contributed by atoms with Crippen molar-refractivity contribution in [1.82, 2.24) is 4.90 Å². The number of nitrogens with two attached hydrogens (primary N) is 1. The first-order valence-corrected chi connectivity index (χ1v) is 8.29. The summed E-state index contributed by atoms with van der Waals surface area (Å²) in [6, 6.07) is 7.12. The van der Waals surface area contributed by atoms with Gasteiger partial charge in [-0.25, -0.2) is 0 Å². The van der Waals surface area contributed by atoms with E-state index in [0.29, 0.717) is 12.6 Å². The first-order chi connectivity index (χ1) is 8.61. The first kappa shape index (κ1) is 14.4. The highest BCUT2D eigenvalue weighted by atomic mass is 79.9. The molecule has 100 valence electrons. The van der Waals surface area contributed by atoms with Gasteiger partial charge in [-0.3, -0.25) is 4.90 Å². The first-order valence-electron chi connectivity index (χ1n) is 6.45. The second-order valence-electron chi connectivity index (χ2n) is 4.92. The Morgan fingerprint density at radius 1 is 1.44 bits per heavy atom. The SMILES string of the molecule is CC1SCCN(Cc2ccc(CN)cc2Br)C1C. The minimum Gasteiger partial charge on any atom is -0.326 e. The molecule has 0 saturated carbocycles. The summed E-state index contributed by atoms with van der Waals surface area (Å²) < 4.78 is 1.18. The number of nitrogens with zero attached hydrogens (tertiary/aromatic N) is 1. The molecule has 2 nitrogen and oxygen atoms in total. The zero-order valence-electron chi connectivity index (χ0n) is 11.0. The number of thioether (sulfide) groups is 1. The van der Waals surface area contributed by atoms with Gasteiger partial charge in [0.05, 0.1) is 0 Å². The van der Waals surface area contributed by atoms with E-state index in [0.717, 1.165) is 11.8 Å². The van der Waals surface area contributed by atoms with Gasteiger partial charge in [0.15, 0.2) is 0 Å². The van der Waals surface area contributed by atoms with Crippen molar-refractivity contribution in [3.63, 3.8) is 0 Å². The highest BCUT2D eigenvalue weighted by Gasteiger charge is 2.25. The molecule has 1 aliphatic rings. The Kier molecular flexibility index (Phi) is 5.13. The second-order valence-corrected chi connectivity index (χ2v) is 7.26. The van der Waals surface area contributed by atoms with Crippen molar-refractivity contribution >= 4 is 27.7 Å². The van der Waals surface area contributed by atoms with Crippen LogP contribution in [0.5, 0.6) is 0 Å². The third kappa shape index (κ3) is 3.29. The van der Waals surface area contributed by atoms with E-state index in [-0.39, 0.29) is 0 Å². The zero-order chi connectivity index (χ0) is 13.1. The van der Waals surface area contributed by atoms with Crippen LogP contribution >= 0.6 is 27.7 Å². The third-order valence-electron chi connectivity index (χ3n) is 3.74. The van der Waals surface area contributed by atoms with Crippen LogP contribution in [0, 0.1) is 0 Å². The van der Waals surface area contributed by atoms with Crippen molar-refractivity contribution in [1.29, 1.82) is 0 Å². The molecule has 0 bridgehead atoms. The lowest BCUT2D eigenvalue weighted by atomic mass is 10.1. The standard InChI is InChI=1S/C14H21BrN2S/c1-10-11(2)18-6-5-17(10)9-13-4-3-12(8-16)7-14(13)15/h3-4,7,10-11H,5-6,8-9,16H2,1-2H3. The van der Waals surface area contributed by atoms with Gasteiger partial charge in [0.2, 0.25) is 0 Å². The van der Waals surface area contributed by atoms with E-state index in [9.17, 15) is 0 Å². The van der Waals surface area contributed by atoms with Crippen LogP contribution in [0.15, 0.2) is 22.7 Å². The Morgan fingerprint density at radius 3 is 2.89 bits per heavy atom. The van der Waals surface area contributed by atoms with Crippen LogP contribution < -0.4 is 5.73 Å². The summed E-state index contributed by atoms with van der Waals surface area (Å²) in [6.07, 6.45) is 0. The minimum absolute atomic E-state index is 0.604. The summed E-state index contributed by atoms with van der Waals surface area (Å²) in [5.41, 5.74) is 8.20. The van der Waals surface area contributed by atoms with Gasteiger partial charge in [-0.15, -0.1) is 0 Å². The monoisotopic (exact) mass is 328 g/mol. The molecule has 0 spiro atoms. The maximum absolute atomic E-state index is 5.66. The van der Waals surface area contributed by atoms with Crippen molar-refractivity contribution in [2.24, 2.45) is 5.73 Å². The summed E-state index contributed by atoms with van der Waals surface area (Å²) in [5, 5.41) is 0.723. The predicted molar refractivity (Wildman–Crippen MR) is 83.8 cm³/mol. The quantitative estimate of drug-likeness (QED) is 0.923. The molecule has 4 heteroatoms. The third-order valence-corrected chi connectivity index (χ3v) is 5.82. The summed E-state index contributed by atoms with van der Waals surface area (Å²) >= 11 is 5.74. The molecule has 1 saturated heterocycles. The Labute approximate surface area is 122 Å². The van der Waals surface area contributed by atoms with Crippen molar-refractivity contribution < 1.29 is 0 Å². The van der Waals surface area contributed by atoms with Crippen molar-refractivity contribution in [2.45, 2.75) is 38.2 Å². The van der Waals surface area contributed by atoms with Gasteiger partial charge in [-0.1, -0.05) is 35.0 Å². The van der Waals surface area contributed by atoms with E-state index in [2.05, 4.69) is 64.6 Å². The topological polar surface area (TPSA) is 29.3 Å². The minimum atomic E-state index is 0.604. The van der Waals surface area contributed by atoms with Crippen molar-refractivity contribution in [3.8, 4) is 0 Å². The van der Waals surface area contributed by atoms with E-state index in [1.165, 1.54) is 27.9 Å². The summed E-state index contributed by atoms with van der Waals surface area (Å²) in [4.78, 5) is 2.57. The van der Waals surface area contributed by atoms with Gasteiger partial charge < -0.3 is 5.73 Å². The molecular formula is C14H21BrN2S. The average Bonchev–Trinajstić information content (AvgIpc) is 2.37. The van der Waals surface area contributed by atoms with E-state index >= 15 is 0 Å². The fourth-order valence-corrected chi connectivity index (χ4v) is 4.00. The molecule has 1 heterocycles. The largest absolute Gasteiger partial charge is 0.326 e. The second kappa shape index (κ2) is 6.42. The van der Waals surface area contributed by atoms with Gasteiger partial charge in [0.1, 0.15) is 0 Å². The molecule has 2 atom stereocenters. The molecule has 0 radical (unpaired) electrons. The number of hydrogen-bond donors (Lipinski definition) is 1. The van der Waals surface area contributed by atoms with E-state index in [4.69, 9.17) is 5.73 Å². The van der Waals surface area contributed by atoms with Crippen LogP contribution in [0.4, 0.5) is 0 Å². The van der Waals surface area contributed by atoms with E-state index in [1.54, 1.807) is 0 Å². The molecule has 1 aromatic carbocycles. The molecule has 0 aromatic heterocycles. The van der Waals surface area contributed by atoms with Gasteiger partial charge in [-0.2, -0.15) is 11.8 Å². The molecular weight excluding hydrogens is 308 g/mol. The smallest absolute Gasteiger partial charge is 0.0248 e. The molecule has 0 amide bonds. The van der Waals surface area contributed by atoms with Crippen LogP contribution in [0.25, 0.3) is 0 Å². The zero-order valence-corrected chi connectivity index (χ0v) is 13.4. The average molecular weight is 329 g/mol. The van der Waals surface area contributed by atoms with Crippen molar-refractivity contribution in [2.75, 3.05) is 12.3 Å². The number of benzene rings is 1. The number of halogens is 1. The summed E-state index contributed by atoms with van der Waals surface area (Å²) in [7, 11) is 0. The van der Waals surface area contributed by atoms with Crippen LogP contribution in [0.1, 0.15) is 25.0 Å². The van der Waals surface area contributed by atoms with E-state index < -0.39 is 0 Å². The molecule has 1 aliphatic heterocycles. The Balaban J connectivity index is 2.09. The highest BCUT2D eigenvalue weighted by molar-refractivity contribution is 9.10. The fraction of sp³-hybridized carbons (Fsp3) is 0.571. The van der Waals surface area contributed by atoms with Crippen LogP contribution in [0.2, 0.25) is 0 Å². The fourth-order valence-electron chi connectivity index (χ4n) is 2.28. The molecule has 1 aromatic rings. The van der Waals surface area contributed by atoms with Gasteiger partial charge in [-0.05, 0) is 24.1 Å². The molecule has 0 aliphatic carbocycles. The highest BCUT2D eigenvalue weighted by Crippen LogP contribution is 2.27. The molecule has 2 N–H and O–H groups in total. The molecule has 2 rings (SSSR count). The maximum atomic E-state index is 5.66. The van der Waals surface area contributed by atoms with Gasteiger partial charge in [0, 0.05) is 41.2 Å². The Hall–Kier alpha value is -0.0300. The molecule has 1 fully saturated rings. The Morgan fingerprint density at radius 2 is 2.22 bits per heavy atom.